The lowest BCUT2D eigenvalue weighted by Crippen LogP contribution is -2.08. The molecule has 0 fully saturated rings. The highest BCUT2D eigenvalue weighted by Crippen LogP contribution is 2.27. The number of phenolic OH excluding ortho intramolecular Hbond substituents is 1. The Balaban J connectivity index is 2.34. The van der Waals surface area contributed by atoms with Crippen molar-refractivity contribution in [3.8, 4) is 22.9 Å². The van der Waals surface area contributed by atoms with Gasteiger partial charge in [-0.2, -0.15) is 5.26 Å². The van der Waals surface area contributed by atoms with E-state index in [1.165, 1.54) is 0 Å². The van der Waals surface area contributed by atoms with Gasteiger partial charge < -0.3 is 10.1 Å². The van der Waals surface area contributed by atoms with Crippen LogP contribution in [0.1, 0.15) is 5.56 Å². The van der Waals surface area contributed by atoms with E-state index in [1.54, 1.807) is 48.7 Å². The van der Waals surface area contributed by atoms with Crippen LogP contribution in [0, 0.1) is 11.3 Å². The summed E-state index contributed by atoms with van der Waals surface area (Å²) in [6.07, 6.45) is 1.62. The number of phenols is 1. The van der Waals surface area contributed by atoms with Gasteiger partial charge in [0, 0.05) is 11.6 Å². The van der Waals surface area contributed by atoms with Crippen LogP contribution < -0.4 is 5.56 Å². The lowest BCUT2D eigenvalue weighted by molar-refractivity contribution is 0.476. The molecular weight excluding hydrogens is 252 g/mol. The minimum atomic E-state index is -0.229. The van der Waals surface area contributed by atoms with Gasteiger partial charge in [0.2, 0.25) is 0 Å². The molecule has 20 heavy (non-hydrogen) atoms. The molecule has 0 saturated carbocycles. The summed E-state index contributed by atoms with van der Waals surface area (Å²) in [4.78, 5) is 14.8. The highest BCUT2D eigenvalue weighted by atomic mass is 16.3. The van der Waals surface area contributed by atoms with Gasteiger partial charge in [-0.05, 0) is 41.3 Å². The number of pyridine rings is 1. The van der Waals surface area contributed by atoms with E-state index in [9.17, 15) is 9.90 Å². The van der Waals surface area contributed by atoms with Crippen LogP contribution in [0.5, 0.6) is 5.75 Å². The second kappa shape index (κ2) is 4.56. The van der Waals surface area contributed by atoms with Crippen LogP contribution in [-0.4, -0.2) is 10.1 Å². The van der Waals surface area contributed by atoms with Crippen LogP contribution >= 0.6 is 0 Å². The first-order valence-electron chi connectivity index (χ1n) is 6.04. The second-order valence-electron chi connectivity index (χ2n) is 4.45. The summed E-state index contributed by atoms with van der Waals surface area (Å²) in [6.45, 7) is 0. The first-order chi connectivity index (χ1) is 9.69. The number of H-pyrrole nitrogens is 1. The van der Waals surface area contributed by atoms with Crippen molar-refractivity contribution < 1.29 is 5.11 Å². The second-order valence-corrected chi connectivity index (χ2v) is 4.45. The number of nitriles is 1. The van der Waals surface area contributed by atoms with Crippen molar-refractivity contribution in [1.29, 1.82) is 5.26 Å². The Labute approximate surface area is 114 Å². The van der Waals surface area contributed by atoms with Crippen LogP contribution in [0.2, 0.25) is 0 Å². The van der Waals surface area contributed by atoms with Gasteiger partial charge in [-0.3, -0.25) is 4.79 Å². The zero-order chi connectivity index (χ0) is 14.1. The number of aromatic nitrogens is 1. The van der Waals surface area contributed by atoms with E-state index in [0.717, 1.165) is 5.39 Å². The molecule has 0 aliphatic rings. The van der Waals surface area contributed by atoms with Crippen molar-refractivity contribution in [2.45, 2.75) is 0 Å². The molecular formula is C16H10N2O2. The van der Waals surface area contributed by atoms with Crippen molar-refractivity contribution in [1.82, 2.24) is 4.98 Å². The zero-order valence-corrected chi connectivity index (χ0v) is 10.4. The third kappa shape index (κ3) is 1.91. The molecule has 0 atom stereocenters. The molecule has 4 nitrogen and oxygen atoms in total. The maximum absolute atomic E-state index is 12.1. The summed E-state index contributed by atoms with van der Waals surface area (Å²) in [5.74, 6) is 0.109. The van der Waals surface area contributed by atoms with Crippen molar-refractivity contribution >= 4 is 10.8 Å². The first kappa shape index (κ1) is 12.0. The molecule has 3 rings (SSSR count). The summed E-state index contributed by atoms with van der Waals surface area (Å²) < 4.78 is 0. The van der Waals surface area contributed by atoms with Crippen LogP contribution in [0.25, 0.3) is 21.9 Å². The van der Waals surface area contributed by atoms with Gasteiger partial charge >= 0.3 is 0 Å². The number of nitrogens with one attached hydrogen (secondary N) is 1. The molecule has 1 heterocycles. The van der Waals surface area contributed by atoms with E-state index in [1.807, 2.05) is 6.07 Å². The third-order valence-corrected chi connectivity index (χ3v) is 3.19. The number of aromatic hydroxyl groups is 1. The van der Waals surface area contributed by atoms with Gasteiger partial charge in [0.1, 0.15) is 5.75 Å². The number of benzene rings is 2. The first-order valence-corrected chi connectivity index (χ1v) is 6.04. The minimum absolute atomic E-state index is 0.109. The standard InChI is InChI=1S/C16H10N2O2/c17-8-10-1-3-11(4-2-10)15-14-7-13(19)6-5-12(14)9-18-16(15)20/h1-7,9,19H,(H,18,20). The van der Waals surface area contributed by atoms with Gasteiger partial charge in [0.15, 0.2) is 0 Å². The van der Waals surface area contributed by atoms with Crippen molar-refractivity contribution in [2.24, 2.45) is 0 Å². The van der Waals surface area contributed by atoms with E-state index in [2.05, 4.69) is 4.98 Å². The molecule has 0 aliphatic carbocycles. The Kier molecular flexibility index (Phi) is 2.73. The normalized spacial score (nSPS) is 10.3. The molecule has 3 aromatic rings. The van der Waals surface area contributed by atoms with E-state index in [0.29, 0.717) is 22.1 Å². The van der Waals surface area contributed by atoms with Crippen LogP contribution in [0.3, 0.4) is 0 Å². The summed E-state index contributed by atoms with van der Waals surface area (Å²) in [6, 6.07) is 13.7. The zero-order valence-electron chi connectivity index (χ0n) is 10.4. The maximum atomic E-state index is 12.1. The molecule has 0 amide bonds. The van der Waals surface area contributed by atoms with Gasteiger partial charge in [0.05, 0.1) is 17.2 Å². The van der Waals surface area contributed by atoms with Crippen molar-refractivity contribution in [3.05, 3.63) is 64.6 Å². The average molecular weight is 262 g/mol. The largest absolute Gasteiger partial charge is 0.508 e. The predicted molar refractivity (Wildman–Crippen MR) is 76.4 cm³/mol. The number of hydrogen-bond donors (Lipinski definition) is 2. The molecule has 96 valence electrons. The molecule has 2 aromatic carbocycles. The maximum Gasteiger partial charge on any atom is 0.256 e. The summed E-state index contributed by atoms with van der Waals surface area (Å²) in [5, 5.41) is 19.9. The highest BCUT2D eigenvalue weighted by molar-refractivity contribution is 5.96. The van der Waals surface area contributed by atoms with Crippen molar-refractivity contribution in [2.75, 3.05) is 0 Å². The SMILES string of the molecule is N#Cc1ccc(-c2c(=O)[nH]cc3ccc(O)cc23)cc1. The molecule has 0 spiro atoms. The Hall–Kier alpha value is -3.06. The average Bonchev–Trinajstić information content (AvgIpc) is 2.47. The van der Waals surface area contributed by atoms with Gasteiger partial charge in [-0.25, -0.2) is 0 Å². The smallest absolute Gasteiger partial charge is 0.256 e. The lowest BCUT2D eigenvalue weighted by Gasteiger charge is -2.06. The molecule has 4 heteroatoms. The van der Waals surface area contributed by atoms with Gasteiger partial charge in [0.25, 0.3) is 5.56 Å². The summed E-state index contributed by atoms with van der Waals surface area (Å²) in [5.41, 5.74) is 1.51. The summed E-state index contributed by atoms with van der Waals surface area (Å²) >= 11 is 0. The Morgan fingerprint density at radius 3 is 2.55 bits per heavy atom. The number of fused-ring (bicyclic) bond motifs is 1. The van der Waals surface area contributed by atoms with E-state index >= 15 is 0 Å². The number of aromatic amines is 1. The fraction of sp³-hybridized carbons (Fsp3) is 0. The Morgan fingerprint density at radius 2 is 1.85 bits per heavy atom. The van der Waals surface area contributed by atoms with E-state index in [-0.39, 0.29) is 11.3 Å². The predicted octanol–water partition coefficient (Wildman–Crippen LogP) is 2.77. The molecule has 0 saturated heterocycles. The molecule has 2 N–H and O–H groups in total. The molecule has 0 aliphatic heterocycles. The fourth-order valence-electron chi connectivity index (χ4n) is 2.22. The van der Waals surface area contributed by atoms with Gasteiger partial charge in [-0.15, -0.1) is 0 Å². The molecule has 0 radical (unpaired) electrons. The Bertz CT molecular complexity index is 887. The van der Waals surface area contributed by atoms with Crippen LogP contribution in [0.4, 0.5) is 0 Å². The topological polar surface area (TPSA) is 76.9 Å². The number of rotatable bonds is 1. The molecule has 0 bridgehead atoms. The van der Waals surface area contributed by atoms with Crippen molar-refractivity contribution in [3.63, 3.8) is 0 Å². The quantitative estimate of drug-likeness (QED) is 0.708. The lowest BCUT2D eigenvalue weighted by atomic mass is 9.99. The number of nitrogens with zero attached hydrogens (tertiary/aromatic N) is 1. The van der Waals surface area contributed by atoms with Gasteiger partial charge in [-0.1, -0.05) is 12.1 Å². The summed E-state index contributed by atoms with van der Waals surface area (Å²) in [7, 11) is 0. The van der Waals surface area contributed by atoms with Crippen LogP contribution in [0.15, 0.2) is 53.5 Å². The molecule has 1 aromatic heterocycles. The fourth-order valence-corrected chi connectivity index (χ4v) is 2.22. The molecule has 0 unspecified atom stereocenters. The van der Waals surface area contributed by atoms with E-state index < -0.39 is 0 Å². The highest BCUT2D eigenvalue weighted by Gasteiger charge is 2.09. The van der Waals surface area contributed by atoms with Crippen LogP contribution in [-0.2, 0) is 0 Å². The monoisotopic (exact) mass is 262 g/mol. The third-order valence-electron chi connectivity index (χ3n) is 3.19. The van der Waals surface area contributed by atoms with E-state index in [4.69, 9.17) is 5.26 Å². The number of hydrogen-bond acceptors (Lipinski definition) is 3. The minimum Gasteiger partial charge on any atom is -0.508 e. The Morgan fingerprint density at radius 1 is 1.10 bits per heavy atom.